The zero-order valence-electron chi connectivity index (χ0n) is 7.86. The van der Waals surface area contributed by atoms with Gasteiger partial charge in [0.2, 0.25) is 0 Å². The molecule has 0 aliphatic carbocycles. The molecule has 0 saturated heterocycles. The number of nitrogens with one attached hydrogen (secondary N) is 1. The van der Waals surface area contributed by atoms with Crippen LogP contribution in [-0.4, -0.2) is 20.5 Å². The number of hydrogen-bond donors (Lipinski definition) is 1. The highest BCUT2D eigenvalue weighted by atomic mass is 35.5. The average molecular weight is 234 g/mol. The Morgan fingerprint density at radius 1 is 1.71 bits per heavy atom. The molecule has 1 aromatic heterocycles. The van der Waals surface area contributed by atoms with Crippen LogP contribution in [0.1, 0.15) is 13.3 Å². The van der Waals surface area contributed by atoms with Gasteiger partial charge in [-0.05, 0) is 6.42 Å². The fourth-order valence-corrected chi connectivity index (χ4v) is 1.97. The Labute approximate surface area is 91.3 Å². The molecule has 0 aromatic carbocycles. The van der Waals surface area contributed by atoms with Crippen LogP contribution < -0.4 is 5.69 Å². The average Bonchev–Trinajstić information content (AvgIpc) is 2.51. The van der Waals surface area contributed by atoms with E-state index < -0.39 is 0 Å². The molecule has 4 nitrogen and oxygen atoms in total. The highest BCUT2D eigenvalue weighted by Crippen LogP contribution is 2.13. The lowest BCUT2D eigenvalue weighted by Gasteiger charge is -2.00. The second-order valence-electron chi connectivity index (χ2n) is 2.64. The fraction of sp³-hybridized carbons (Fsp3) is 0.500. The van der Waals surface area contributed by atoms with Crippen molar-refractivity contribution < 1.29 is 0 Å². The normalized spacial score (nSPS) is 11.3. The first-order valence-corrected chi connectivity index (χ1v) is 5.75. The Hall–Kier alpha value is -0.680. The lowest BCUT2D eigenvalue weighted by molar-refractivity contribution is 0.604. The quantitative estimate of drug-likeness (QED) is 0.790. The van der Waals surface area contributed by atoms with E-state index in [0.29, 0.717) is 11.7 Å². The van der Waals surface area contributed by atoms with Gasteiger partial charge in [0.1, 0.15) is 0 Å². The largest absolute Gasteiger partial charge is 0.343 e. The van der Waals surface area contributed by atoms with Gasteiger partial charge >= 0.3 is 5.69 Å². The Kier molecular flexibility index (Phi) is 4.82. The molecule has 0 aliphatic rings. The summed E-state index contributed by atoms with van der Waals surface area (Å²) in [6.07, 6.45) is 2.72. The molecule has 1 N–H and O–H groups in total. The number of aromatic amines is 1. The van der Waals surface area contributed by atoms with E-state index in [-0.39, 0.29) is 5.69 Å². The van der Waals surface area contributed by atoms with Crippen LogP contribution in [0.25, 0.3) is 0 Å². The lowest BCUT2D eigenvalue weighted by atomic mass is 10.5. The SMILES string of the molecule is CCCn1c(SCC=CCl)n[nH]c1=O. The summed E-state index contributed by atoms with van der Waals surface area (Å²) in [5.74, 6) is 0.720. The van der Waals surface area contributed by atoms with Crippen LogP contribution in [0.2, 0.25) is 0 Å². The summed E-state index contributed by atoms with van der Waals surface area (Å²) in [7, 11) is 0. The number of thioether (sulfide) groups is 1. The van der Waals surface area contributed by atoms with Gasteiger partial charge in [0, 0.05) is 17.8 Å². The van der Waals surface area contributed by atoms with Crippen molar-refractivity contribution in [3.63, 3.8) is 0 Å². The summed E-state index contributed by atoms with van der Waals surface area (Å²) in [5.41, 5.74) is 1.31. The zero-order chi connectivity index (χ0) is 10.4. The minimum absolute atomic E-state index is 0.149. The summed E-state index contributed by atoms with van der Waals surface area (Å²) in [4.78, 5) is 11.3. The molecule has 0 atom stereocenters. The molecule has 1 rings (SSSR count). The first-order chi connectivity index (χ1) is 6.79. The standard InChI is InChI=1S/C8H12ClN3OS/c1-2-5-12-7(13)10-11-8(12)14-6-3-4-9/h3-4H,2,5-6H2,1H3,(H,10,13). The number of nitrogens with zero attached hydrogens (tertiary/aromatic N) is 2. The van der Waals surface area contributed by atoms with E-state index in [0.717, 1.165) is 12.2 Å². The molecule has 0 bridgehead atoms. The van der Waals surface area contributed by atoms with E-state index >= 15 is 0 Å². The third kappa shape index (κ3) is 2.92. The fourth-order valence-electron chi connectivity index (χ4n) is 0.993. The van der Waals surface area contributed by atoms with Crippen molar-refractivity contribution >= 4 is 23.4 Å². The van der Waals surface area contributed by atoms with Crippen LogP contribution in [0.4, 0.5) is 0 Å². The molecule has 0 radical (unpaired) electrons. The van der Waals surface area contributed by atoms with Gasteiger partial charge in [-0.25, -0.2) is 9.89 Å². The summed E-state index contributed by atoms with van der Waals surface area (Å²) in [5, 5.41) is 7.06. The maximum atomic E-state index is 11.3. The van der Waals surface area contributed by atoms with Crippen molar-refractivity contribution in [3.8, 4) is 0 Å². The summed E-state index contributed by atoms with van der Waals surface area (Å²) < 4.78 is 1.63. The van der Waals surface area contributed by atoms with E-state index in [2.05, 4.69) is 10.2 Å². The Morgan fingerprint density at radius 3 is 3.14 bits per heavy atom. The van der Waals surface area contributed by atoms with Crippen molar-refractivity contribution in [3.05, 3.63) is 22.1 Å². The summed E-state index contributed by atoms with van der Waals surface area (Å²) in [6, 6.07) is 0. The van der Waals surface area contributed by atoms with Gasteiger partial charge in [-0.15, -0.1) is 5.10 Å². The van der Waals surface area contributed by atoms with Gasteiger partial charge in [0.25, 0.3) is 0 Å². The van der Waals surface area contributed by atoms with E-state index in [1.165, 1.54) is 17.3 Å². The maximum Gasteiger partial charge on any atom is 0.343 e. The Bertz CT molecular complexity index is 358. The van der Waals surface area contributed by atoms with E-state index in [1.807, 2.05) is 13.0 Å². The smallest absolute Gasteiger partial charge is 0.270 e. The molecule has 1 heterocycles. The Balaban J connectivity index is 2.70. The van der Waals surface area contributed by atoms with Crippen LogP contribution in [0.3, 0.4) is 0 Å². The molecular formula is C8H12ClN3OS. The first-order valence-electron chi connectivity index (χ1n) is 4.32. The number of aromatic nitrogens is 3. The molecule has 0 amide bonds. The van der Waals surface area contributed by atoms with Crippen molar-refractivity contribution in [2.45, 2.75) is 25.0 Å². The first kappa shape index (κ1) is 11.4. The predicted molar refractivity (Wildman–Crippen MR) is 58.9 cm³/mol. The molecule has 0 spiro atoms. The van der Waals surface area contributed by atoms with E-state index in [9.17, 15) is 4.79 Å². The van der Waals surface area contributed by atoms with Crippen LogP contribution >= 0.6 is 23.4 Å². The van der Waals surface area contributed by atoms with Gasteiger partial charge in [0.05, 0.1) is 0 Å². The number of H-pyrrole nitrogens is 1. The summed E-state index contributed by atoms with van der Waals surface area (Å²) in [6.45, 7) is 2.72. The molecule has 6 heteroatoms. The number of halogens is 1. The van der Waals surface area contributed by atoms with Gasteiger partial charge in [0.15, 0.2) is 5.16 Å². The van der Waals surface area contributed by atoms with Crippen LogP contribution in [0, 0.1) is 0 Å². The van der Waals surface area contributed by atoms with Gasteiger partial charge in [-0.2, -0.15) is 0 Å². The van der Waals surface area contributed by atoms with Crippen LogP contribution in [-0.2, 0) is 6.54 Å². The second-order valence-corrected chi connectivity index (χ2v) is 3.87. The zero-order valence-corrected chi connectivity index (χ0v) is 9.44. The molecule has 0 fully saturated rings. The molecule has 0 aliphatic heterocycles. The monoisotopic (exact) mass is 233 g/mol. The van der Waals surface area contributed by atoms with Gasteiger partial charge in [-0.1, -0.05) is 36.4 Å². The van der Waals surface area contributed by atoms with Crippen molar-refractivity contribution in [2.75, 3.05) is 5.75 Å². The minimum Gasteiger partial charge on any atom is -0.270 e. The Morgan fingerprint density at radius 2 is 2.50 bits per heavy atom. The lowest BCUT2D eigenvalue weighted by Crippen LogP contribution is -2.17. The minimum atomic E-state index is -0.149. The number of rotatable bonds is 5. The van der Waals surface area contributed by atoms with E-state index in [4.69, 9.17) is 11.6 Å². The van der Waals surface area contributed by atoms with Crippen LogP contribution in [0.5, 0.6) is 0 Å². The van der Waals surface area contributed by atoms with Crippen molar-refractivity contribution in [1.29, 1.82) is 0 Å². The molecule has 0 saturated carbocycles. The third-order valence-corrected chi connectivity index (χ3v) is 2.68. The molecule has 14 heavy (non-hydrogen) atoms. The molecule has 1 aromatic rings. The van der Waals surface area contributed by atoms with Crippen molar-refractivity contribution in [1.82, 2.24) is 14.8 Å². The highest BCUT2D eigenvalue weighted by Gasteiger charge is 2.06. The topological polar surface area (TPSA) is 50.7 Å². The highest BCUT2D eigenvalue weighted by molar-refractivity contribution is 7.99. The van der Waals surface area contributed by atoms with E-state index in [1.54, 1.807) is 4.57 Å². The molecule has 78 valence electrons. The number of hydrogen-bond acceptors (Lipinski definition) is 3. The summed E-state index contributed by atoms with van der Waals surface area (Å²) >= 11 is 6.87. The molecule has 0 unspecified atom stereocenters. The maximum absolute atomic E-state index is 11.3. The van der Waals surface area contributed by atoms with Gasteiger partial charge < -0.3 is 0 Å². The van der Waals surface area contributed by atoms with Gasteiger partial charge in [-0.3, -0.25) is 4.57 Å². The third-order valence-electron chi connectivity index (χ3n) is 1.57. The van der Waals surface area contributed by atoms with Crippen LogP contribution in [0.15, 0.2) is 21.6 Å². The molecular weight excluding hydrogens is 222 g/mol. The van der Waals surface area contributed by atoms with Crippen molar-refractivity contribution in [2.24, 2.45) is 0 Å². The predicted octanol–water partition coefficient (Wildman–Crippen LogP) is 1.83. The second kappa shape index (κ2) is 5.93.